The van der Waals surface area contributed by atoms with Crippen molar-refractivity contribution in [2.24, 2.45) is 0 Å². The summed E-state index contributed by atoms with van der Waals surface area (Å²) < 4.78 is 25.5. The number of nitrogens with zero attached hydrogens (tertiary/aromatic N) is 1. The maximum atomic E-state index is 12.9. The summed E-state index contributed by atoms with van der Waals surface area (Å²) in [6.45, 7) is 3.58. The molecule has 0 aliphatic rings. The van der Waals surface area contributed by atoms with E-state index in [1.807, 2.05) is 0 Å². The fourth-order valence-electron chi connectivity index (χ4n) is 2.52. The standard InChI is InChI=1S/C22H21ClFNO4/c1-22(2,27)14-29-20-8-7-17(11-19(20)23)25-10-9-18(12-21(25)26)28-13-15-3-5-16(24)6-4-15/h3-12,27H,13-14H2,1-2H3. The van der Waals surface area contributed by atoms with Gasteiger partial charge in [0.05, 0.1) is 16.3 Å². The van der Waals surface area contributed by atoms with Crippen LogP contribution < -0.4 is 15.0 Å². The summed E-state index contributed by atoms with van der Waals surface area (Å²) in [6, 6.07) is 14.0. The molecular formula is C22H21ClFNO4. The smallest absolute Gasteiger partial charge is 0.258 e. The van der Waals surface area contributed by atoms with E-state index in [1.165, 1.54) is 22.8 Å². The monoisotopic (exact) mass is 417 g/mol. The first kappa shape index (κ1) is 20.9. The largest absolute Gasteiger partial charge is 0.489 e. The Kier molecular flexibility index (Phi) is 6.25. The normalized spacial score (nSPS) is 11.3. The van der Waals surface area contributed by atoms with Gasteiger partial charge in [-0.3, -0.25) is 9.36 Å². The van der Waals surface area contributed by atoms with Crippen molar-refractivity contribution in [3.63, 3.8) is 0 Å². The summed E-state index contributed by atoms with van der Waals surface area (Å²) in [7, 11) is 0. The number of hydrogen-bond donors (Lipinski definition) is 1. The van der Waals surface area contributed by atoms with Crippen LogP contribution in [-0.4, -0.2) is 21.9 Å². The number of halogens is 2. The molecule has 3 aromatic rings. The summed E-state index contributed by atoms with van der Waals surface area (Å²) in [5.74, 6) is 0.517. The highest BCUT2D eigenvalue weighted by atomic mass is 35.5. The minimum absolute atomic E-state index is 0.0894. The summed E-state index contributed by atoms with van der Waals surface area (Å²) in [4.78, 5) is 12.5. The Labute approximate surface area is 172 Å². The summed E-state index contributed by atoms with van der Waals surface area (Å²) in [6.07, 6.45) is 1.59. The molecule has 1 aromatic heterocycles. The zero-order valence-electron chi connectivity index (χ0n) is 16.1. The zero-order chi connectivity index (χ0) is 21.0. The molecule has 0 aliphatic carbocycles. The first-order valence-electron chi connectivity index (χ1n) is 8.96. The SMILES string of the molecule is CC(C)(O)COc1ccc(-n2ccc(OCc3ccc(F)cc3)cc2=O)cc1Cl. The highest BCUT2D eigenvalue weighted by Crippen LogP contribution is 2.27. The molecule has 0 amide bonds. The van der Waals surface area contributed by atoms with E-state index in [0.29, 0.717) is 22.2 Å². The van der Waals surface area contributed by atoms with Crippen molar-refractivity contribution in [2.45, 2.75) is 26.1 Å². The fourth-order valence-corrected chi connectivity index (χ4v) is 2.75. The lowest BCUT2D eigenvalue weighted by atomic mass is 10.2. The molecule has 2 aromatic carbocycles. The van der Waals surface area contributed by atoms with Crippen LogP contribution in [0.25, 0.3) is 5.69 Å². The fraction of sp³-hybridized carbons (Fsp3) is 0.227. The van der Waals surface area contributed by atoms with E-state index in [4.69, 9.17) is 21.1 Å². The molecule has 0 spiro atoms. The van der Waals surface area contributed by atoms with Crippen LogP contribution in [0.2, 0.25) is 5.02 Å². The van der Waals surface area contributed by atoms with Gasteiger partial charge >= 0.3 is 0 Å². The predicted octanol–water partition coefficient (Wildman–Crippen LogP) is 4.36. The van der Waals surface area contributed by atoms with E-state index >= 15 is 0 Å². The van der Waals surface area contributed by atoms with E-state index in [2.05, 4.69) is 0 Å². The minimum atomic E-state index is -0.983. The second-order valence-corrected chi connectivity index (χ2v) is 7.61. The Morgan fingerprint density at radius 1 is 1.07 bits per heavy atom. The Hall–Kier alpha value is -2.83. The Morgan fingerprint density at radius 3 is 2.41 bits per heavy atom. The van der Waals surface area contributed by atoms with Crippen LogP contribution in [0.1, 0.15) is 19.4 Å². The Balaban J connectivity index is 1.72. The Bertz CT molecular complexity index is 1040. The molecule has 5 nitrogen and oxygen atoms in total. The first-order chi connectivity index (χ1) is 13.7. The number of pyridine rings is 1. The van der Waals surface area contributed by atoms with Gasteiger partial charge in [0.2, 0.25) is 0 Å². The number of rotatable bonds is 7. The molecule has 7 heteroatoms. The molecule has 0 radical (unpaired) electrons. The van der Waals surface area contributed by atoms with Crippen LogP contribution >= 0.6 is 11.6 Å². The van der Waals surface area contributed by atoms with Crippen molar-refractivity contribution in [1.29, 1.82) is 0 Å². The molecular weight excluding hydrogens is 397 g/mol. The molecule has 0 atom stereocenters. The zero-order valence-corrected chi connectivity index (χ0v) is 16.8. The molecule has 0 saturated carbocycles. The number of hydrogen-bond acceptors (Lipinski definition) is 4. The average molecular weight is 418 g/mol. The van der Waals surface area contributed by atoms with E-state index in [9.17, 15) is 14.3 Å². The molecule has 0 aliphatic heterocycles. The average Bonchev–Trinajstić information content (AvgIpc) is 2.66. The second-order valence-electron chi connectivity index (χ2n) is 7.20. The molecule has 1 heterocycles. The van der Waals surface area contributed by atoms with Crippen LogP contribution in [0.3, 0.4) is 0 Å². The molecule has 0 unspecified atom stereocenters. The number of ether oxygens (including phenoxy) is 2. The molecule has 1 N–H and O–H groups in total. The molecule has 3 rings (SSSR count). The lowest BCUT2D eigenvalue weighted by Gasteiger charge is -2.18. The number of aliphatic hydroxyl groups is 1. The number of benzene rings is 2. The van der Waals surface area contributed by atoms with E-state index in [0.717, 1.165) is 5.56 Å². The minimum Gasteiger partial charge on any atom is -0.489 e. The molecule has 29 heavy (non-hydrogen) atoms. The van der Waals surface area contributed by atoms with Crippen LogP contribution in [0.4, 0.5) is 4.39 Å². The van der Waals surface area contributed by atoms with Crippen LogP contribution in [0.15, 0.2) is 65.6 Å². The van der Waals surface area contributed by atoms with Gasteiger partial charge in [0.25, 0.3) is 5.56 Å². The van der Waals surface area contributed by atoms with Gasteiger partial charge in [-0.25, -0.2) is 4.39 Å². The Morgan fingerprint density at radius 2 is 1.79 bits per heavy atom. The van der Waals surface area contributed by atoms with Gasteiger partial charge in [0.1, 0.15) is 30.5 Å². The molecule has 0 bridgehead atoms. The number of aromatic nitrogens is 1. The highest BCUT2D eigenvalue weighted by Gasteiger charge is 2.15. The van der Waals surface area contributed by atoms with Crippen molar-refractivity contribution in [3.05, 3.63) is 87.6 Å². The topological polar surface area (TPSA) is 60.7 Å². The lowest BCUT2D eigenvalue weighted by molar-refractivity contribution is 0.0285. The van der Waals surface area contributed by atoms with E-state index in [1.54, 1.807) is 56.4 Å². The van der Waals surface area contributed by atoms with Gasteiger partial charge in [-0.05, 0) is 55.8 Å². The highest BCUT2D eigenvalue weighted by molar-refractivity contribution is 6.32. The maximum Gasteiger partial charge on any atom is 0.258 e. The van der Waals surface area contributed by atoms with Gasteiger partial charge in [-0.2, -0.15) is 0 Å². The van der Waals surface area contributed by atoms with Gasteiger partial charge in [0.15, 0.2) is 0 Å². The van der Waals surface area contributed by atoms with Crippen molar-refractivity contribution in [3.8, 4) is 17.2 Å². The van der Waals surface area contributed by atoms with Gasteiger partial charge < -0.3 is 14.6 Å². The van der Waals surface area contributed by atoms with Gasteiger partial charge in [-0.1, -0.05) is 23.7 Å². The lowest BCUT2D eigenvalue weighted by Crippen LogP contribution is -2.27. The van der Waals surface area contributed by atoms with Crippen molar-refractivity contribution >= 4 is 11.6 Å². The molecule has 0 saturated heterocycles. The third kappa shape index (κ3) is 5.82. The second kappa shape index (κ2) is 8.68. The third-order valence-corrected chi connectivity index (χ3v) is 4.28. The van der Waals surface area contributed by atoms with E-state index in [-0.39, 0.29) is 24.6 Å². The first-order valence-corrected chi connectivity index (χ1v) is 9.34. The van der Waals surface area contributed by atoms with E-state index < -0.39 is 5.60 Å². The third-order valence-electron chi connectivity index (χ3n) is 3.98. The molecule has 0 fully saturated rings. The van der Waals surface area contributed by atoms with Gasteiger partial charge in [-0.15, -0.1) is 0 Å². The van der Waals surface area contributed by atoms with Crippen LogP contribution in [0.5, 0.6) is 11.5 Å². The van der Waals surface area contributed by atoms with Gasteiger partial charge in [0, 0.05) is 12.3 Å². The maximum absolute atomic E-state index is 12.9. The summed E-state index contributed by atoms with van der Waals surface area (Å²) in [5.41, 5.74) is 0.0930. The quantitative estimate of drug-likeness (QED) is 0.620. The van der Waals surface area contributed by atoms with Crippen molar-refractivity contribution in [2.75, 3.05) is 6.61 Å². The molecule has 152 valence electrons. The van der Waals surface area contributed by atoms with Crippen LogP contribution in [-0.2, 0) is 6.61 Å². The van der Waals surface area contributed by atoms with Crippen molar-refractivity contribution in [1.82, 2.24) is 4.57 Å². The predicted molar refractivity (Wildman–Crippen MR) is 110 cm³/mol. The summed E-state index contributed by atoms with van der Waals surface area (Å²) in [5, 5.41) is 10.1. The van der Waals surface area contributed by atoms with Crippen molar-refractivity contribution < 1.29 is 19.0 Å². The van der Waals surface area contributed by atoms with Crippen LogP contribution in [0, 0.1) is 5.82 Å². The summed E-state index contributed by atoms with van der Waals surface area (Å²) >= 11 is 6.25.